The van der Waals surface area contributed by atoms with Crippen LogP contribution in [0.5, 0.6) is 0 Å². The molecule has 3 rings (SSSR count). The van der Waals surface area contributed by atoms with E-state index in [9.17, 15) is 4.79 Å². The highest BCUT2D eigenvalue weighted by molar-refractivity contribution is 9.10. The predicted octanol–water partition coefficient (Wildman–Crippen LogP) is 4.31. The molecule has 19 heavy (non-hydrogen) atoms. The predicted molar refractivity (Wildman–Crippen MR) is 83.9 cm³/mol. The van der Waals surface area contributed by atoms with Gasteiger partial charge in [-0.25, -0.2) is 0 Å². The van der Waals surface area contributed by atoms with Crippen LogP contribution < -0.4 is 5.43 Å². The minimum Gasteiger partial charge on any atom is -0.357 e. The summed E-state index contributed by atoms with van der Waals surface area (Å²) < 4.78 is 0.963. The van der Waals surface area contributed by atoms with Crippen molar-refractivity contribution in [2.75, 3.05) is 0 Å². The average molecular weight is 316 g/mol. The van der Waals surface area contributed by atoms with E-state index in [1.54, 1.807) is 0 Å². The van der Waals surface area contributed by atoms with E-state index in [2.05, 4.69) is 33.9 Å². The normalized spacial score (nSPS) is 11.3. The quantitative estimate of drug-likeness (QED) is 0.667. The van der Waals surface area contributed by atoms with Crippen molar-refractivity contribution in [2.45, 2.75) is 20.3 Å². The Labute approximate surface area is 119 Å². The maximum atomic E-state index is 12.5. The zero-order valence-electron chi connectivity index (χ0n) is 10.9. The van der Waals surface area contributed by atoms with Crippen molar-refractivity contribution in [1.29, 1.82) is 0 Å². The molecule has 0 unspecified atom stereocenters. The summed E-state index contributed by atoms with van der Waals surface area (Å²) in [5.74, 6) is 0. The molecule has 2 nitrogen and oxygen atoms in total. The van der Waals surface area contributed by atoms with E-state index in [1.807, 2.05) is 31.2 Å². The van der Waals surface area contributed by atoms with E-state index in [1.165, 1.54) is 0 Å². The number of hydrogen-bond acceptors (Lipinski definition) is 1. The minimum absolute atomic E-state index is 0.122. The van der Waals surface area contributed by atoms with Crippen molar-refractivity contribution < 1.29 is 0 Å². The number of benzene rings is 2. The Kier molecular flexibility index (Phi) is 2.94. The maximum absolute atomic E-state index is 12.5. The molecule has 0 aliphatic heterocycles. The molecular formula is C16H14BrNO. The Morgan fingerprint density at radius 1 is 1.16 bits per heavy atom. The first-order valence-corrected chi connectivity index (χ1v) is 7.15. The zero-order valence-corrected chi connectivity index (χ0v) is 12.5. The molecule has 0 aliphatic rings. The number of aryl methyl sites for hydroxylation is 1. The highest BCUT2D eigenvalue weighted by Gasteiger charge is 2.11. The lowest BCUT2D eigenvalue weighted by Crippen LogP contribution is -2.11. The van der Waals surface area contributed by atoms with Gasteiger partial charge in [-0.1, -0.05) is 47.1 Å². The van der Waals surface area contributed by atoms with Gasteiger partial charge in [0, 0.05) is 26.5 Å². The van der Waals surface area contributed by atoms with Gasteiger partial charge in [-0.15, -0.1) is 0 Å². The maximum Gasteiger partial charge on any atom is 0.192 e. The minimum atomic E-state index is 0.122. The Morgan fingerprint density at radius 2 is 1.84 bits per heavy atom. The second-order valence-corrected chi connectivity index (χ2v) is 5.59. The number of rotatable bonds is 1. The highest BCUT2D eigenvalue weighted by atomic mass is 79.9. The molecule has 0 amide bonds. The Hall–Kier alpha value is -1.61. The largest absolute Gasteiger partial charge is 0.357 e. The first kappa shape index (κ1) is 12.4. The second kappa shape index (κ2) is 4.49. The van der Waals surface area contributed by atoms with Crippen molar-refractivity contribution in [3.05, 3.63) is 56.3 Å². The van der Waals surface area contributed by atoms with E-state index in [0.717, 1.165) is 43.8 Å². The molecule has 1 aromatic heterocycles. The summed E-state index contributed by atoms with van der Waals surface area (Å²) in [6, 6.07) is 10.0. The number of H-pyrrole nitrogens is 1. The van der Waals surface area contributed by atoms with Gasteiger partial charge in [-0.3, -0.25) is 4.79 Å². The van der Waals surface area contributed by atoms with Crippen LogP contribution in [-0.4, -0.2) is 4.98 Å². The van der Waals surface area contributed by atoms with Crippen molar-refractivity contribution >= 4 is 37.6 Å². The monoisotopic (exact) mass is 315 g/mol. The number of fused-ring (bicyclic) bond motifs is 3. The second-order valence-electron chi connectivity index (χ2n) is 4.74. The summed E-state index contributed by atoms with van der Waals surface area (Å²) in [6.45, 7) is 3.95. The summed E-state index contributed by atoms with van der Waals surface area (Å²) in [5.41, 5.74) is 2.89. The average Bonchev–Trinajstić information content (AvgIpc) is 2.44. The van der Waals surface area contributed by atoms with Gasteiger partial charge in [0.05, 0.1) is 5.52 Å². The molecule has 0 saturated heterocycles. The van der Waals surface area contributed by atoms with E-state index >= 15 is 0 Å². The van der Waals surface area contributed by atoms with Gasteiger partial charge in [0.2, 0.25) is 0 Å². The highest BCUT2D eigenvalue weighted by Crippen LogP contribution is 2.30. The summed E-state index contributed by atoms with van der Waals surface area (Å²) >= 11 is 3.56. The number of nitrogens with one attached hydrogen (secondary N) is 1. The number of aromatic amines is 1. The summed E-state index contributed by atoms with van der Waals surface area (Å²) in [7, 11) is 0. The summed E-state index contributed by atoms with van der Waals surface area (Å²) in [4.78, 5) is 15.9. The molecule has 3 aromatic rings. The number of halogens is 1. The molecule has 0 spiro atoms. The van der Waals surface area contributed by atoms with Crippen LogP contribution in [0.2, 0.25) is 0 Å². The molecule has 1 N–H and O–H groups in total. The van der Waals surface area contributed by atoms with Gasteiger partial charge < -0.3 is 4.98 Å². The van der Waals surface area contributed by atoms with Crippen molar-refractivity contribution in [2.24, 2.45) is 0 Å². The Bertz CT molecular complexity index is 849. The lowest BCUT2D eigenvalue weighted by molar-refractivity contribution is 1.02. The third kappa shape index (κ3) is 1.80. The van der Waals surface area contributed by atoms with Gasteiger partial charge in [-0.05, 0) is 24.8 Å². The van der Waals surface area contributed by atoms with Gasteiger partial charge in [0.1, 0.15) is 0 Å². The molecule has 1 heterocycles. The molecule has 0 fully saturated rings. The van der Waals surface area contributed by atoms with Crippen LogP contribution in [0.1, 0.15) is 18.2 Å². The topological polar surface area (TPSA) is 32.9 Å². The molecule has 0 atom stereocenters. The van der Waals surface area contributed by atoms with Gasteiger partial charge in [0.15, 0.2) is 5.43 Å². The molecular weight excluding hydrogens is 302 g/mol. The van der Waals surface area contributed by atoms with E-state index in [4.69, 9.17) is 0 Å². The zero-order chi connectivity index (χ0) is 13.6. The molecule has 0 saturated carbocycles. The molecule has 3 heteroatoms. The number of pyridine rings is 1. The van der Waals surface area contributed by atoms with Gasteiger partial charge >= 0.3 is 0 Å². The van der Waals surface area contributed by atoms with Crippen LogP contribution >= 0.6 is 15.9 Å². The van der Waals surface area contributed by atoms with Crippen LogP contribution in [0.15, 0.2) is 39.6 Å². The van der Waals surface area contributed by atoms with E-state index < -0.39 is 0 Å². The van der Waals surface area contributed by atoms with Crippen molar-refractivity contribution in [3.8, 4) is 0 Å². The van der Waals surface area contributed by atoms with Crippen LogP contribution in [0.4, 0.5) is 0 Å². The van der Waals surface area contributed by atoms with Gasteiger partial charge in [0.25, 0.3) is 0 Å². The number of aromatic nitrogens is 1. The van der Waals surface area contributed by atoms with Gasteiger partial charge in [-0.2, -0.15) is 0 Å². The Morgan fingerprint density at radius 3 is 2.53 bits per heavy atom. The lowest BCUT2D eigenvalue weighted by Gasteiger charge is -2.10. The molecule has 0 aliphatic carbocycles. The lowest BCUT2D eigenvalue weighted by atomic mass is 10.0. The first-order chi connectivity index (χ1) is 9.13. The molecule has 0 bridgehead atoms. The fourth-order valence-electron chi connectivity index (χ4n) is 2.58. The third-order valence-corrected chi connectivity index (χ3v) is 4.32. The Balaban J connectivity index is 2.63. The fourth-order valence-corrected chi connectivity index (χ4v) is 3.16. The smallest absolute Gasteiger partial charge is 0.192 e. The molecule has 0 radical (unpaired) electrons. The number of hydrogen-bond donors (Lipinski definition) is 1. The standard InChI is InChI=1S/C16H14BrNO/c1-3-14-9(2)16(19)12-8-13(17)10-6-4-5-7-11(10)15(12)18-14/h4-8H,3H2,1-2H3,(H,18,19). The molecule has 96 valence electrons. The van der Waals surface area contributed by atoms with E-state index in [0.29, 0.717) is 0 Å². The SMILES string of the molecule is CCc1[nH]c2c(cc(Br)c3ccccc32)c(=O)c1C. The van der Waals surface area contributed by atoms with Crippen molar-refractivity contribution in [1.82, 2.24) is 4.98 Å². The first-order valence-electron chi connectivity index (χ1n) is 6.36. The van der Waals surface area contributed by atoms with Crippen LogP contribution in [0.3, 0.4) is 0 Å². The summed E-state index contributed by atoms with van der Waals surface area (Å²) in [5, 5.41) is 2.95. The van der Waals surface area contributed by atoms with E-state index in [-0.39, 0.29) is 5.43 Å². The summed E-state index contributed by atoms with van der Waals surface area (Å²) in [6.07, 6.45) is 0.835. The molecule has 2 aromatic carbocycles. The van der Waals surface area contributed by atoms with Crippen LogP contribution in [-0.2, 0) is 6.42 Å². The fraction of sp³-hybridized carbons (Fsp3) is 0.188. The van der Waals surface area contributed by atoms with Crippen LogP contribution in [0, 0.1) is 6.92 Å². The van der Waals surface area contributed by atoms with Crippen LogP contribution in [0.25, 0.3) is 21.7 Å². The van der Waals surface area contributed by atoms with Crippen molar-refractivity contribution in [3.63, 3.8) is 0 Å². The third-order valence-electron chi connectivity index (χ3n) is 3.66.